The van der Waals surface area contributed by atoms with E-state index < -0.39 is 0 Å². The zero-order chi connectivity index (χ0) is 19.5. The Morgan fingerprint density at radius 1 is 1.11 bits per heavy atom. The minimum absolute atomic E-state index is 0.0692. The molecule has 3 heterocycles. The number of hydrogen-bond donors (Lipinski definition) is 0. The van der Waals surface area contributed by atoms with Crippen molar-refractivity contribution < 1.29 is 9.21 Å². The van der Waals surface area contributed by atoms with E-state index in [1.807, 2.05) is 42.2 Å². The molecule has 0 N–H and O–H groups in total. The Kier molecular flexibility index (Phi) is 5.30. The maximum absolute atomic E-state index is 12.7. The van der Waals surface area contributed by atoms with Crippen molar-refractivity contribution in [1.82, 2.24) is 14.9 Å². The second kappa shape index (κ2) is 8.02. The number of carbonyl (C=O) groups excluding carboxylic acids is 1. The topological polar surface area (TPSA) is 62.5 Å². The van der Waals surface area contributed by atoms with Gasteiger partial charge in [-0.2, -0.15) is 0 Å². The molecule has 28 heavy (non-hydrogen) atoms. The van der Waals surface area contributed by atoms with Crippen LogP contribution in [0.1, 0.15) is 11.5 Å². The maximum atomic E-state index is 12.7. The average molecular weight is 397 g/mol. The molecular formula is C21H21ClN4O2. The summed E-state index contributed by atoms with van der Waals surface area (Å²) in [5.74, 6) is 2.21. The van der Waals surface area contributed by atoms with E-state index in [1.165, 1.54) is 0 Å². The van der Waals surface area contributed by atoms with Crippen LogP contribution in [0.2, 0.25) is 5.02 Å². The first-order valence-corrected chi connectivity index (χ1v) is 9.64. The molecule has 0 atom stereocenters. The molecule has 0 saturated carbocycles. The second-order valence-electron chi connectivity index (χ2n) is 6.76. The number of aryl methyl sites for hydroxylation is 1. The van der Waals surface area contributed by atoms with Crippen LogP contribution in [0.4, 0.5) is 5.82 Å². The molecule has 1 aliphatic rings. The Bertz CT molecular complexity index is 948. The van der Waals surface area contributed by atoms with Gasteiger partial charge in [-0.1, -0.05) is 17.7 Å². The van der Waals surface area contributed by atoms with Gasteiger partial charge in [0, 0.05) is 43.0 Å². The number of carbonyl (C=O) groups is 1. The lowest BCUT2D eigenvalue weighted by molar-refractivity contribution is -0.130. The summed E-state index contributed by atoms with van der Waals surface area (Å²) in [5.41, 5.74) is 1.53. The molecule has 7 heteroatoms. The molecule has 0 radical (unpaired) electrons. The SMILES string of the molecule is Cc1oc(-c2ccc(Cl)cc2)nc1CC(=O)N1CCN(c2ccccn2)CC1. The molecule has 1 amide bonds. The van der Waals surface area contributed by atoms with Crippen LogP contribution in [0.3, 0.4) is 0 Å². The summed E-state index contributed by atoms with van der Waals surface area (Å²) >= 11 is 5.93. The average Bonchev–Trinajstić information content (AvgIpc) is 3.09. The van der Waals surface area contributed by atoms with Crippen molar-refractivity contribution >= 4 is 23.3 Å². The van der Waals surface area contributed by atoms with Crippen LogP contribution in [-0.2, 0) is 11.2 Å². The van der Waals surface area contributed by atoms with E-state index >= 15 is 0 Å². The maximum Gasteiger partial charge on any atom is 0.228 e. The van der Waals surface area contributed by atoms with E-state index in [-0.39, 0.29) is 12.3 Å². The third kappa shape index (κ3) is 4.02. The largest absolute Gasteiger partial charge is 0.441 e. The van der Waals surface area contributed by atoms with Gasteiger partial charge in [0.05, 0.1) is 12.1 Å². The van der Waals surface area contributed by atoms with Crippen molar-refractivity contribution in [3.8, 4) is 11.5 Å². The van der Waals surface area contributed by atoms with Gasteiger partial charge < -0.3 is 14.2 Å². The smallest absolute Gasteiger partial charge is 0.228 e. The normalized spacial score (nSPS) is 14.4. The van der Waals surface area contributed by atoms with E-state index in [0.29, 0.717) is 35.5 Å². The quantitative estimate of drug-likeness (QED) is 0.674. The zero-order valence-electron chi connectivity index (χ0n) is 15.6. The first kappa shape index (κ1) is 18.5. The zero-order valence-corrected chi connectivity index (χ0v) is 16.4. The Hall–Kier alpha value is -2.86. The van der Waals surface area contributed by atoms with Crippen molar-refractivity contribution in [3.63, 3.8) is 0 Å². The van der Waals surface area contributed by atoms with Crippen LogP contribution in [0.15, 0.2) is 53.1 Å². The monoisotopic (exact) mass is 396 g/mol. The molecule has 0 spiro atoms. The molecule has 1 fully saturated rings. The molecule has 144 valence electrons. The van der Waals surface area contributed by atoms with E-state index in [0.717, 1.165) is 24.5 Å². The number of hydrogen-bond acceptors (Lipinski definition) is 5. The minimum atomic E-state index is 0.0692. The Morgan fingerprint density at radius 2 is 1.86 bits per heavy atom. The highest BCUT2D eigenvalue weighted by atomic mass is 35.5. The number of rotatable bonds is 4. The van der Waals surface area contributed by atoms with Gasteiger partial charge in [-0.3, -0.25) is 4.79 Å². The van der Waals surface area contributed by atoms with Gasteiger partial charge in [0.15, 0.2) is 0 Å². The standard InChI is InChI=1S/C21H21ClN4O2/c1-15-18(24-21(28-15)16-5-7-17(22)8-6-16)14-20(27)26-12-10-25(11-13-26)19-4-2-3-9-23-19/h2-9H,10-14H2,1H3. The van der Waals surface area contributed by atoms with Crippen molar-refractivity contribution in [2.45, 2.75) is 13.3 Å². The number of halogens is 1. The van der Waals surface area contributed by atoms with Crippen LogP contribution in [0, 0.1) is 6.92 Å². The number of piperazine rings is 1. The van der Waals surface area contributed by atoms with Crippen molar-refractivity contribution in [2.75, 3.05) is 31.1 Å². The number of pyridine rings is 1. The second-order valence-corrected chi connectivity index (χ2v) is 7.20. The summed E-state index contributed by atoms with van der Waals surface area (Å²) in [6.07, 6.45) is 2.03. The lowest BCUT2D eigenvalue weighted by atomic mass is 10.2. The van der Waals surface area contributed by atoms with E-state index in [9.17, 15) is 4.79 Å². The number of nitrogens with zero attached hydrogens (tertiary/aromatic N) is 4. The fourth-order valence-electron chi connectivity index (χ4n) is 3.29. The molecule has 1 aliphatic heterocycles. The number of aromatic nitrogens is 2. The molecule has 1 aromatic carbocycles. The summed E-state index contributed by atoms with van der Waals surface area (Å²) in [7, 11) is 0. The number of benzene rings is 1. The van der Waals surface area contributed by atoms with Gasteiger partial charge in [0.25, 0.3) is 0 Å². The highest BCUT2D eigenvalue weighted by Crippen LogP contribution is 2.24. The van der Waals surface area contributed by atoms with Crippen LogP contribution in [0.5, 0.6) is 0 Å². The molecule has 4 rings (SSSR count). The number of oxazole rings is 1. The van der Waals surface area contributed by atoms with Gasteiger partial charge in [0.2, 0.25) is 11.8 Å². The molecule has 1 saturated heterocycles. The fraction of sp³-hybridized carbons (Fsp3) is 0.286. The molecule has 0 unspecified atom stereocenters. The number of anilines is 1. The molecule has 2 aromatic heterocycles. The highest BCUT2D eigenvalue weighted by Gasteiger charge is 2.24. The summed E-state index contributed by atoms with van der Waals surface area (Å²) in [5, 5.41) is 0.660. The summed E-state index contributed by atoms with van der Waals surface area (Å²) in [6.45, 7) is 4.74. The van der Waals surface area contributed by atoms with Crippen LogP contribution in [-0.4, -0.2) is 47.0 Å². The Labute approximate surface area is 168 Å². The van der Waals surface area contributed by atoms with E-state index in [1.54, 1.807) is 18.3 Å². The van der Waals surface area contributed by atoms with E-state index in [2.05, 4.69) is 14.9 Å². The minimum Gasteiger partial charge on any atom is -0.441 e. The third-order valence-corrected chi connectivity index (χ3v) is 5.16. The molecule has 6 nitrogen and oxygen atoms in total. The Morgan fingerprint density at radius 3 is 2.54 bits per heavy atom. The van der Waals surface area contributed by atoms with E-state index in [4.69, 9.17) is 16.0 Å². The van der Waals surface area contributed by atoms with Gasteiger partial charge in [-0.05, 0) is 43.3 Å². The van der Waals surface area contributed by atoms with Crippen molar-refractivity contribution in [2.24, 2.45) is 0 Å². The highest BCUT2D eigenvalue weighted by molar-refractivity contribution is 6.30. The summed E-state index contributed by atoms with van der Waals surface area (Å²) < 4.78 is 5.76. The molecule has 0 bridgehead atoms. The molecular weight excluding hydrogens is 376 g/mol. The van der Waals surface area contributed by atoms with Gasteiger partial charge in [0.1, 0.15) is 11.6 Å². The number of amides is 1. The predicted molar refractivity (Wildman–Crippen MR) is 108 cm³/mol. The van der Waals surface area contributed by atoms with Crippen molar-refractivity contribution in [3.05, 3.63) is 65.1 Å². The lowest BCUT2D eigenvalue weighted by Gasteiger charge is -2.35. The van der Waals surface area contributed by atoms with Gasteiger partial charge >= 0.3 is 0 Å². The predicted octanol–water partition coefficient (Wildman–Crippen LogP) is 3.59. The summed E-state index contributed by atoms with van der Waals surface area (Å²) in [4.78, 5) is 25.7. The Balaban J connectivity index is 1.38. The third-order valence-electron chi connectivity index (χ3n) is 4.91. The lowest BCUT2D eigenvalue weighted by Crippen LogP contribution is -2.49. The van der Waals surface area contributed by atoms with Crippen LogP contribution in [0.25, 0.3) is 11.5 Å². The van der Waals surface area contributed by atoms with Gasteiger partial charge in [-0.25, -0.2) is 9.97 Å². The molecule has 0 aliphatic carbocycles. The first-order valence-electron chi connectivity index (χ1n) is 9.26. The molecule has 3 aromatic rings. The van der Waals surface area contributed by atoms with Crippen LogP contribution >= 0.6 is 11.6 Å². The van der Waals surface area contributed by atoms with Crippen molar-refractivity contribution in [1.29, 1.82) is 0 Å². The first-order chi connectivity index (χ1) is 13.6. The van der Waals surface area contributed by atoms with Crippen LogP contribution < -0.4 is 4.90 Å². The fourth-order valence-corrected chi connectivity index (χ4v) is 3.41. The van der Waals surface area contributed by atoms with Gasteiger partial charge in [-0.15, -0.1) is 0 Å². The summed E-state index contributed by atoms with van der Waals surface area (Å²) in [6, 6.07) is 13.2.